The molecule has 0 bridgehead atoms. The Kier molecular flexibility index (Phi) is 33.6. The molecule has 0 saturated carbocycles. The van der Waals surface area contributed by atoms with Gasteiger partial charge in [-0.05, 0) is 77.0 Å². The number of allylic oxidation sites excluding steroid dienone is 8. The first-order valence-corrected chi connectivity index (χ1v) is 18.2. The molecule has 0 aromatic heterocycles. The summed E-state index contributed by atoms with van der Waals surface area (Å²) in [5.41, 5.74) is 0. The summed E-state index contributed by atoms with van der Waals surface area (Å²) in [5, 5.41) is 9.52. The zero-order chi connectivity index (χ0) is 32.2. The summed E-state index contributed by atoms with van der Waals surface area (Å²) in [7, 11) is 0. The Labute approximate surface area is 271 Å². The van der Waals surface area contributed by atoms with E-state index in [9.17, 15) is 14.7 Å². The van der Waals surface area contributed by atoms with Gasteiger partial charge in [0.2, 0.25) is 0 Å². The Morgan fingerprint density at radius 3 is 1.34 bits per heavy atom. The van der Waals surface area contributed by atoms with Crippen molar-refractivity contribution in [3.63, 3.8) is 0 Å². The minimum absolute atomic E-state index is 0.0799. The number of esters is 2. The Hall–Kier alpha value is -2.14. The second-order valence-electron chi connectivity index (χ2n) is 11.9. The number of rotatable bonds is 32. The standard InChI is InChI=1S/C39H68O5/c1-3-5-7-9-11-13-15-17-19-21-23-25-27-29-31-33-38(41)43-36-37(35-40)44-39(42)34-32-30-28-26-24-22-20-18-16-14-12-10-8-6-4-2/h11-14,17-20,37,40H,3-10,15-16,21-36H2,1-2H3/b13-11+,14-12+,19-17+,20-18+. The Balaban J connectivity index is 3.64. The maximum Gasteiger partial charge on any atom is 0.306 e. The topological polar surface area (TPSA) is 72.8 Å². The molecule has 0 aliphatic rings. The first-order chi connectivity index (χ1) is 21.6. The van der Waals surface area contributed by atoms with E-state index in [1.165, 1.54) is 70.6 Å². The summed E-state index contributed by atoms with van der Waals surface area (Å²) in [6.07, 6.45) is 43.0. The molecule has 0 spiro atoms. The van der Waals surface area contributed by atoms with Gasteiger partial charge in [0.05, 0.1) is 6.61 Å². The van der Waals surface area contributed by atoms with Crippen LogP contribution in [0, 0.1) is 0 Å². The van der Waals surface area contributed by atoms with Gasteiger partial charge in [-0.25, -0.2) is 0 Å². The van der Waals surface area contributed by atoms with Crippen LogP contribution in [0.5, 0.6) is 0 Å². The molecule has 5 heteroatoms. The molecule has 0 aromatic carbocycles. The van der Waals surface area contributed by atoms with Gasteiger partial charge in [-0.15, -0.1) is 0 Å². The molecule has 0 aliphatic heterocycles. The molecule has 5 nitrogen and oxygen atoms in total. The second-order valence-corrected chi connectivity index (χ2v) is 11.9. The van der Waals surface area contributed by atoms with Crippen molar-refractivity contribution in [3.05, 3.63) is 48.6 Å². The molecule has 0 aromatic rings. The van der Waals surface area contributed by atoms with E-state index in [1.54, 1.807) is 0 Å². The number of hydrogen-bond donors (Lipinski definition) is 1. The van der Waals surface area contributed by atoms with E-state index < -0.39 is 6.10 Å². The predicted molar refractivity (Wildman–Crippen MR) is 187 cm³/mol. The van der Waals surface area contributed by atoms with Gasteiger partial charge in [0, 0.05) is 12.8 Å². The Morgan fingerprint density at radius 1 is 0.523 bits per heavy atom. The second kappa shape index (κ2) is 35.3. The summed E-state index contributed by atoms with van der Waals surface area (Å²) in [6.45, 7) is 4.04. The average Bonchev–Trinajstić information content (AvgIpc) is 3.02. The van der Waals surface area contributed by atoms with Crippen LogP contribution in [0.15, 0.2) is 48.6 Å². The molecule has 0 rings (SSSR count). The van der Waals surface area contributed by atoms with E-state index >= 15 is 0 Å². The fraction of sp³-hybridized carbons (Fsp3) is 0.744. The molecule has 254 valence electrons. The zero-order valence-electron chi connectivity index (χ0n) is 28.7. The van der Waals surface area contributed by atoms with E-state index in [0.29, 0.717) is 12.8 Å². The van der Waals surface area contributed by atoms with Crippen LogP contribution in [0.1, 0.15) is 168 Å². The van der Waals surface area contributed by atoms with Crippen molar-refractivity contribution in [3.8, 4) is 0 Å². The van der Waals surface area contributed by atoms with E-state index in [0.717, 1.165) is 70.6 Å². The van der Waals surface area contributed by atoms with E-state index in [-0.39, 0.29) is 25.2 Å². The number of ether oxygens (including phenoxy) is 2. The van der Waals surface area contributed by atoms with Crippen LogP contribution >= 0.6 is 0 Å². The van der Waals surface area contributed by atoms with Crippen molar-refractivity contribution in [2.45, 2.75) is 174 Å². The number of hydrogen-bond acceptors (Lipinski definition) is 5. The lowest BCUT2D eigenvalue weighted by Gasteiger charge is -2.15. The van der Waals surface area contributed by atoms with Crippen molar-refractivity contribution in [2.24, 2.45) is 0 Å². The van der Waals surface area contributed by atoms with Gasteiger partial charge in [-0.1, -0.05) is 127 Å². The van der Waals surface area contributed by atoms with Crippen LogP contribution in [-0.4, -0.2) is 36.4 Å². The van der Waals surface area contributed by atoms with E-state index in [2.05, 4.69) is 62.5 Å². The molecule has 1 atom stereocenters. The molecule has 0 fully saturated rings. The summed E-state index contributed by atoms with van der Waals surface area (Å²) < 4.78 is 10.6. The monoisotopic (exact) mass is 617 g/mol. The molecule has 0 aliphatic carbocycles. The molecule has 1 N–H and O–H groups in total. The Morgan fingerprint density at radius 2 is 0.909 bits per heavy atom. The molecule has 0 saturated heterocycles. The summed E-state index contributed by atoms with van der Waals surface area (Å²) in [6, 6.07) is 0. The number of aliphatic hydroxyl groups excluding tert-OH is 1. The van der Waals surface area contributed by atoms with Crippen LogP contribution in [0.3, 0.4) is 0 Å². The SMILES string of the molecule is CCCCC/C=C/C/C=C/CCCCCCCC(=O)OCC(CO)OC(=O)CCCCCCC/C=C/C/C=C/CCCCC. The summed E-state index contributed by atoms with van der Waals surface area (Å²) >= 11 is 0. The molecular formula is C39H68O5. The van der Waals surface area contributed by atoms with Crippen LogP contribution in [0.2, 0.25) is 0 Å². The lowest BCUT2D eigenvalue weighted by atomic mass is 10.1. The average molecular weight is 617 g/mol. The highest BCUT2D eigenvalue weighted by atomic mass is 16.6. The quantitative estimate of drug-likeness (QED) is 0.0462. The van der Waals surface area contributed by atoms with Gasteiger partial charge < -0.3 is 14.6 Å². The van der Waals surface area contributed by atoms with Crippen LogP contribution in [0.4, 0.5) is 0 Å². The third-order valence-corrected chi connectivity index (χ3v) is 7.60. The largest absolute Gasteiger partial charge is 0.462 e. The van der Waals surface area contributed by atoms with Crippen molar-refractivity contribution >= 4 is 11.9 Å². The zero-order valence-corrected chi connectivity index (χ0v) is 28.7. The van der Waals surface area contributed by atoms with Gasteiger partial charge in [0.15, 0.2) is 6.10 Å². The number of carbonyl (C=O) groups excluding carboxylic acids is 2. The number of unbranched alkanes of at least 4 members (excludes halogenated alkanes) is 16. The minimum Gasteiger partial charge on any atom is -0.462 e. The maximum atomic E-state index is 12.1. The minimum atomic E-state index is -0.783. The van der Waals surface area contributed by atoms with Gasteiger partial charge in [-0.2, -0.15) is 0 Å². The molecule has 0 radical (unpaired) electrons. The fourth-order valence-corrected chi connectivity index (χ4v) is 4.79. The highest BCUT2D eigenvalue weighted by Crippen LogP contribution is 2.11. The van der Waals surface area contributed by atoms with Crippen LogP contribution in [0.25, 0.3) is 0 Å². The first kappa shape index (κ1) is 41.9. The molecule has 0 heterocycles. The number of aliphatic hydroxyl groups is 1. The van der Waals surface area contributed by atoms with E-state index in [1.807, 2.05) is 0 Å². The maximum absolute atomic E-state index is 12.1. The third-order valence-electron chi connectivity index (χ3n) is 7.60. The van der Waals surface area contributed by atoms with E-state index in [4.69, 9.17) is 9.47 Å². The first-order valence-electron chi connectivity index (χ1n) is 18.2. The van der Waals surface area contributed by atoms with Gasteiger partial charge in [-0.3, -0.25) is 9.59 Å². The van der Waals surface area contributed by atoms with Crippen molar-refractivity contribution in [2.75, 3.05) is 13.2 Å². The van der Waals surface area contributed by atoms with Crippen LogP contribution in [-0.2, 0) is 19.1 Å². The highest BCUT2D eigenvalue weighted by molar-refractivity contribution is 5.70. The van der Waals surface area contributed by atoms with Crippen molar-refractivity contribution in [1.82, 2.24) is 0 Å². The predicted octanol–water partition coefficient (Wildman–Crippen LogP) is 11.1. The van der Waals surface area contributed by atoms with Gasteiger partial charge in [0.25, 0.3) is 0 Å². The lowest BCUT2D eigenvalue weighted by Crippen LogP contribution is -2.28. The van der Waals surface area contributed by atoms with Crippen molar-refractivity contribution < 1.29 is 24.2 Å². The smallest absolute Gasteiger partial charge is 0.306 e. The lowest BCUT2D eigenvalue weighted by molar-refractivity contribution is -0.161. The van der Waals surface area contributed by atoms with Crippen molar-refractivity contribution in [1.29, 1.82) is 0 Å². The molecule has 0 amide bonds. The third kappa shape index (κ3) is 32.8. The summed E-state index contributed by atoms with van der Waals surface area (Å²) in [4.78, 5) is 24.2. The molecular weight excluding hydrogens is 548 g/mol. The Bertz CT molecular complexity index is 752. The normalized spacial score (nSPS) is 12.7. The fourth-order valence-electron chi connectivity index (χ4n) is 4.79. The molecule has 1 unspecified atom stereocenters. The highest BCUT2D eigenvalue weighted by Gasteiger charge is 2.16. The number of carbonyl (C=O) groups is 2. The molecule has 44 heavy (non-hydrogen) atoms. The van der Waals surface area contributed by atoms with Gasteiger partial charge in [0.1, 0.15) is 6.61 Å². The van der Waals surface area contributed by atoms with Gasteiger partial charge >= 0.3 is 11.9 Å². The van der Waals surface area contributed by atoms with Crippen LogP contribution < -0.4 is 0 Å². The summed E-state index contributed by atoms with van der Waals surface area (Å²) in [5.74, 6) is -0.626.